The number of methoxy groups -OCH3 is 1. The Labute approximate surface area is 162 Å². The summed E-state index contributed by atoms with van der Waals surface area (Å²) < 4.78 is 7.45. The van der Waals surface area contributed by atoms with Gasteiger partial charge in [-0.05, 0) is 18.2 Å². The van der Waals surface area contributed by atoms with Gasteiger partial charge in [0.1, 0.15) is 11.4 Å². The van der Waals surface area contributed by atoms with Crippen LogP contribution in [0.1, 0.15) is 10.4 Å². The summed E-state index contributed by atoms with van der Waals surface area (Å²) in [5.41, 5.74) is 4.63. The van der Waals surface area contributed by atoms with E-state index in [-0.39, 0.29) is 5.91 Å². The topological polar surface area (TPSA) is 76.0 Å². The highest BCUT2D eigenvalue weighted by Crippen LogP contribution is 2.37. The zero-order valence-corrected chi connectivity index (χ0v) is 16.2. The summed E-state index contributed by atoms with van der Waals surface area (Å²) in [4.78, 5) is 21.8. The van der Waals surface area contributed by atoms with Crippen LogP contribution in [0.25, 0.3) is 33.8 Å². The number of benzene rings is 2. The summed E-state index contributed by atoms with van der Waals surface area (Å²) in [6.07, 6.45) is 0. The molecule has 1 amide bonds. The molecule has 2 aromatic heterocycles. The van der Waals surface area contributed by atoms with E-state index in [1.807, 2.05) is 49.5 Å². The SMILES string of the molecule is COc1c(-c2ccccc2)nn(C)c1-c1nc2ccc(C(=O)N(C)C)cc2[nH]1. The lowest BCUT2D eigenvalue weighted by Gasteiger charge is -2.09. The second-order valence-corrected chi connectivity index (χ2v) is 6.74. The van der Waals surface area contributed by atoms with E-state index in [0.29, 0.717) is 17.1 Å². The minimum atomic E-state index is -0.0532. The van der Waals surface area contributed by atoms with Crippen LogP contribution < -0.4 is 4.74 Å². The van der Waals surface area contributed by atoms with E-state index in [2.05, 4.69) is 15.1 Å². The van der Waals surface area contributed by atoms with Crippen molar-refractivity contribution in [3.8, 4) is 28.5 Å². The molecule has 0 aliphatic carbocycles. The van der Waals surface area contributed by atoms with Gasteiger partial charge in [0.2, 0.25) is 0 Å². The van der Waals surface area contributed by atoms with Gasteiger partial charge in [-0.25, -0.2) is 4.98 Å². The summed E-state index contributed by atoms with van der Waals surface area (Å²) in [5.74, 6) is 1.23. The quantitative estimate of drug-likeness (QED) is 0.594. The molecule has 0 aliphatic rings. The number of nitrogens with zero attached hydrogens (tertiary/aromatic N) is 4. The lowest BCUT2D eigenvalue weighted by Crippen LogP contribution is -2.21. The van der Waals surface area contributed by atoms with E-state index in [9.17, 15) is 4.79 Å². The lowest BCUT2D eigenvalue weighted by molar-refractivity contribution is 0.0827. The van der Waals surface area contributed by atoms with Gasteiger partial charge in [-0.2, -0.15) is 5.10 Å². The largest absolute Gasteiger partial charge is 0.492 e. The summed E-state index contributed by atoms with van der Waals surface area (Å²) in [5, 5.41) is 4.64. The van der Waals surface area contributed by atoms with Crippen molar-refractivity contribution in [2.24, 2.45) is 7.05 Å². The Kier molecular flexibility index (Phi) is 4.35. The number of aromatic amines is 1. The second kappa shape index (κ2) is 6.84. The number of carbonyl (C=O) groups excluding carboxylic acids is 1. The molecule has 7 heteroatoms. The Morgan fingerprint density at radius 1 is 1.14 bits per heavy atom. The van der Waals surface area contributed by atoms with Crippen LogP contribution in [0.5, 0.6) is 5.75 Å². The number of ether oxygens (including phenoxy) is 1. The number of nitrogens with one attached hydrogen (secondary N) is 1. The molecule has 142 valence electrons. The number of aryl methyl sites for hydroxylation is 1. The zero-order chi connectivity index (χ0) is 19.8. The van der Waals surface area contributed by atoms with Gasteiger partial charge in [0.25, 0.3) is 5.91 Å². The Morgan fingerprint density at radius 3 is 2.57 bits per heavy atom. The first-order valence-corrected chi connectivity index (χ1v) is 8.87. The van der Waals surface area contributed by atoms with Crippen LogP contribution in [0.15, 0.2) is 48.5 Å². The van der Waals surface area contributed by atoms with Crippen LogP contribution in [0.4, 0.5) is 0 Å². The molecule has 0 saturated carbocycles. The molecule has 1 N–H and O–H groups in total. The molecule has 0 spiro atoms. The maximum absolute atomic E-state index is 12.2. The number of fused-ring (bicyclic) bond motifs is 1. The highest BCUT2D eigenvalue weighted by atomic mass is 16.5. The molecule has 28 heavy (non-hydrogen) atoms. The Bertz CT molecular complexity index is 1160. The monoisotopic (exact) mass is 375 g/mol. The van der Waals surface area contributed by atoms with Gasteiger partial charge in [0.15, 0.2) is 11.6 Å². The number of rotatable bonds is 4. The van der Waals surface area contributed by atoms with Gasteiger partial charge in [-0.15, -0.1) is 0 Å². The molecule has 0 fully saturated rings. The number of amides is 1. The average Bonchev–Trinajstić information content (AvgIpc) is 3.27. The minimum Gasteiger partial charge on any atom is -0.492 e. The summed E-state index contributed by atoms with van der Waals surface area (Å²) in [7, 11) is 6.95. The molecule has 0 saturated heterocycles. The van der Waals surface area contributed by atoms with E-state index in [1.54, 1.807) is 36.9 Å². The number of imidazole rings is 1. The number of carbonyl (C=O) groups is 1. The molecule has 0 unspecified atom stereocenters. The molecule has 0 atom stereocenters. The predicted octanol–water partition coefficient (Wildman–Crippen LogP) is 3.34. The fourth-order valence-electron chi connectivity index (χ4n) is 3.26. The van der Waals surface area contributed by atoms with E-state index in [4.69, 9.17) is 4.74 Å². The maximum Gasteiger partial charge on any atom is 0.253 e. The van der Waals surface area contributed by atoms with Crippen LogP contribution in [0.3, 0.4) is 0 Å². The van der Waals surface area contributed by atoms with Crippen molar-refractivity contribution in [1.82, 2.24) is 24.6 Å². The van der Waals surface area contributed by atoms with E-state index in [0.717, 1.165) is 28.0 Å². The number of H-pyrrole nitrogens is 1. The molecule has 4 rings (SSSR count). The van der Waals surface area contributed by atoms with Crippen molar-refractivity contribution in [2.75, 3.05) is 21.2 Å². The number of aromatic nitrogens is 4. The smallest absolute Gasteiger partial charge is 0.253 e. The van der Waals surface area contributed by atoms with Crippen molar-refractivity contribution in [3.05, 3.63) is 54.1 Å². The first-order chi connectivity index (χ1) is 13.5. The normalized spacial score (nSPS) is 11.0. The van der Waals surface area contributed by atoms with Gasteiger partial charge in [-0.3, -0.25) is 9.48 Å². The van der Waals surface area contributed by atoms with Crippen molar-refractivity contribution in [3.63, 3.8) is 0 Å². The zero-order valence-electron chi connectivity index (χ0n) is 16.2. The molecule has 0 aliphatic heterocycles. The maximum atomic E-state index is 12.2. The highest BCUT2D eigenvalue weighted by molar-refractivity contribution is 5.97. The molecular weight excluding hydrogens is 354 g/mol. The molecule has 0 radical (unpaired) electrons. The van der Waals surface area contributed by atoms with Crippen molar-refractivity contribution >= 4 is 16.9 Å². The van der Waals surface area contributed by atoms with Crippen LogP contribution in [0, 0.1) is 0 Å². The Hall–Kier alpha value is -3.61. The van der Waals surface area contributed by atoms with E-state index in [1.165, 1.54) is 0 Å². The molecule has 7 nitrogen and oxygen atoms in total. The lowest BCUT2D eigenvalue weighted by atomic mass is 10.1. The standard InChI is InChI=1S/C21H21N5O2/c1-25(2)21(27)14-10-11-15-16(12-14)23-20(22-15)18-19(28-4)17(24-26(18)3)13-8-6-5-7-9-13/h5-12H,1-4H3,(H,22,23). The van der Waals surface area contributed by atoms with Gasteiger partial charge in [0, 0.05) is 32.3 Å². The van der Waals surface area contributed by atoms with Crippen LogP contribution in [-0.4, -0.2) is 51.8 Å². The van der Waals surface area contributed by atoms with Gasteiger partial charge in [-0.1, -0.05) is 30.3 Å². The number of hydrogen-bond donors (Lipinski definition) is 1. The summed E-state index contributed by atoms with van der Waals surface area (Å²) >= 11 is 0. The highest BCUT2D eigenvalue weighted by Gasteiger charge is 2.22. The van der Waals surface area contributed by atoms with Crippen LogP contribution in [0.2, 0.25) is 0 Å². The molecule has 2 heterocycles. The van der Waals surface area contributed by atoms with Crippen molar-refractivity contribution in [1.29, 1.82) is 0 Å². The minimum absolute atomic E-state index is 0.0532. The molecular formula is C21H21N5O2. The van der Waals surface area contributed by atoms with Gasteiger partial charge >= 0.3 is 0 Å². The summed E-state index contributed by atoms with van der Waals surface area (Å²) in [6, 6.07) is 15.3. The van der Waals surface area contributed by atoms with E-state index < -0.39 is 0 Å². The Balaban J connectivity index is 1.84. The third-order valence-corrected chi connectivity index (χ3v) is 4.61. The first kappa shape index (κ1) is 17.8. The van der Waals surface area contributed by atoms with Gasteiger partial charge < -0.3 is 14.6 Å². The van der Waals surface area contributed by atoms with E-state index >= 15 is 0 Å². The first-order valence-electron chi connectivity index (χ1n) is 8.87. The average molecular weight is 375 g/mol. The van der Waals surface area contributed by atoms with Crippen LogP contribution >= 0.6 is 0 Å². The fourth-order valence-corrected chi connectivity index (χ4v) is 3.26. The molecule has 0 bridgehead atoms. The van der Waals surface area contributed by atoms with Crippen molar-refractivity contribution in [2.45, 2.75) is 0 Å². The second-order valence-electron chi connectivity index (χ2n) is 6.74. The van der Waals surface area contributed by atoms with Gasteiger partial charge in [0.05, 0.1) is 18.1 Å². The molecule has 2 aromatic carbocycles. The third-order valence-electron chi connectivity index (χ3n) is 4.61. The van der Waals surface area contributed by atoms with Crippen molar-refractivity contribution < 1.29 is 9.53 Å². The predicted molar refractivity (Wildman–Crippen MR) is 108 cm³/mol. The fraction of sp³-hybridized carbons (Fsp3) is 0.190. The van der Waals surface area contributed by atoms with Crippen LogP contribution in [-0.2, 0) is 7.05 Å². The summed E-state index contributed by atoms with van der Waals surface area (Å²) in [6.45, 7) is 0. The number of hydrogen-bond acceptors (Lipinski definition) is 4. The molecule has 4 aromatic rings. The Morgan fingerprint density at radius 2 is 1.89 bits per heavy atom. The third kappa shape index (κ3) is 2.90.